The Morgan fingerprint density at radius 3 is 2.64 bits per heavy atom. The number of carbonyl (C=O) groups excluding carboxylic acids is 1. The molecule has 5 nitrogen and oxygen atoms in total. The highest BCUT2D eigenvalue weighted by Crippen LogP contribution is 2.38. The van der Waals surface area contributed by atoms with Crippen LogP contribution in [-0.4, -0.2) is 48.6 Å². The minimum Gasteiger partial charge on any atom is -0.477 e. The fraction of sp³-hybridized carbons (Fsp3) is 0.429. The second kappa shape index (κ2) is 8.84. The van der Waals surface area contributed by atoms with Gasteiger partial charge in [-0.2, -0.15) is 0 Å². The summed E-state index contributed by atoms with van der Waals surface area (Å²) in [7, 11) is 2.07. The summed E-state index contributed by atoms with van der Waals surface area (Å²) in [5, 5.41) is 9.73. The number of aromatic carboxylic acids is 1. The number of carbonyl (C=O) groups is 2. The van der Waals surface area contributed by atoms with Crippen LogP contribution in [0.2, 0.25) is 0 Å². The number of carboxylic acid groups (broad SMARTS) is 1. The Labute approximate surface area is 168 Å². The van der Waals surface area contributed by atoms with Gasteiger partial charge in [-0.3, -0.25) is 4.79 Å². The largest absolute Gasteiger partial charge is 0.477 e. The lowest BCUT2D eigenvalue weighted by Crippen LogP contribution is -2.42. The highest BCUT2D eigenvalue weighted by molar-refractivity contribution is 7.18. The molecule has 0 saturated carbocycles. The van der Waals surface area contributed by atoms with Gasteiger partial charge in [-0.1, -0.05) is 19.1 Å². The lowest BCUT2D eigenvalue weighted by molar-refractivity contribution is -0.118. The molecule has 0 bridgehead atoms. The Morgan fingerprint density at radius 1 is 1.32 bits per heavy atom. The van der Waals surface area contributed by atoms with Crippen LogP contribution >= 0.6 is 11.3 Å². The number of anilines is 1. The van der Waals surface area contributed by atoms with E-state index in [-0.39, 0.29) is 16.6 Å². The number of benzene rings is 1. The molecule has 1 unspecified atom stereocenters. The number of rotatable bonds is 6. The third kappa shape index (κ3) is 4.59. The normalized spacial score (nSPS) is 17.5. The first-order valence-electron chi connectivity index (χ1n) is 9.51. The number of halogens is 1. The van der Waals surface area contributed by atoms with Crippen molar-refractivity contribution in [3.8, 4) is 10.4 Å². The van der Waals surface area contributed by atoms with E-state index >= 15 is 0 Å². The number of likely N-dealkylation sites (tertiary alicyclic amines) is 1. The van der Waals surface area contributed by atoms with Gasteiger partial charge in [-0.15, -0.1) is 11.3 Å². The molecule has 1 saturated heterocycles. The van der Waals surface area contributed by atoms with Crippen molar-refractivity contribution in [3.63, 3.8) is 0 Å². The van der Waals surface area contributed by atoms with Gasteiger partial charge < -0.3 is 14.9 Å². The molecular weight excluding hydrogens is 379 g/mol. The van der Waals surface area contributed by atoms with Crippen LogP contribution in [-0.2, 0) is 4.79 Å². The number of carboxylic acids is 1. The van der Waals surface area contributed by atoms with Crippen molar-refractivity contribution in [2.24, 2.45) is 5.92 Å². The molecule has 1 atom stereocenters. The molecule has 2 heterocycles. The van der Waals surface area contributed by atoms with E-state index < -0.39 is 5.97 Å². The van der Waals surface area contributed by atoms with Gasteiger partial charge in [0.15, 0.2) is 0 Å². The van der Waals surface area contributed by atoms with Crippen molar-refractivity contribution >= 4 is 28.9 Å². The number of nitrogens with zero attached hydrogens (tertiary/aromatic N) is 2. The zero-order chi connectivity index (χ0) is 20.3. The van der Waals surface area contributed by atoms with E-state index in [9.17, 15) is 19.1 Å². The van der Waals surface area contributed by atoms with E-state index in [4.69, 9.17) is 0 Å². The van der Waals surface area contributed by atoms with Gasteiger partial charge >= 0.3 is 5.97 Å². The van der Waals surface area contributed by atoms with E-state index in [0.29, 0.717) is 29.4 Å². The van der Waals surface area contributed by atoms with Crippen LogP contribution in [0.1, 0.15) is 35.9 Å². The smallest absolute Gasteiger partial charge is 0.348 e. The van der Waals surface area contributed by atoms with Crippen LogP contribution < -0.4 is 4.90 Å². The number of piperidine rings is 1. The molecule has 1 N–H and O–H groups in total. The van der Waals surface area contributed by atoms with Gasteiger partial charge in [0, 0.05) is 24.4 Å². The molecule has 150 valence electrons. The quantitative estimate of drug-likeness (QED) is 0.778. The summed E-state index contributed by atoms with van der Waals surface area (Å²) in [6.07, 6.45) is 2.41. The minimum absolute atomic E-state index is 0.0841. The minimum atomic E-state index is -1.05. The lowest BCUT2D eigenvalue weighted by Gasteiger charge is -2.33. The predicted molar refractivity (Wildman–Crippen MR) is 110 cm³/mol. The summed E-state index contributed by atoms with van der Waals surface area (Å²) in [5.74, 6) is -1.17. The maximum Gasteiger partial charge on any atom is 0.348 e. The maximum atomic E-state index is 13.2. The second-order valence-corrected chi connectivity index (χ2v) is 8.32. The molecule has 28 heavy (non-hydrogen) atoms. The highest BCUT2D eigenvalue weighted by atomic mass is 32.1. The van der Waals surface area contributed by atoms with Gasteiger partial charge in [0.1, 0.15) is 10.7 Å². The predicted octanol–water partition coefficient (Wildman–Crippen LogP) is 4.34. The van der Waals surface area contributed by atoms with Crippen LogP contribution in [0.25, 0.3) is 10.4 Å². The summed E-state index contributed by atoms with van der Waals surface area (Å²) in [6, 6.07) is 7.70. The molecule has 2 aromatic rings. The van der Waals surface area contributed by atoms with Crippen molar-refractivity contribution in [2.75, 3.05) is 31.6 Å². The average Bonchev–Trinajstić information content (AvgIpc) is 3.11. The van der Waals surface area contributed by atoms with Crippen molar-refractivity contribution in [2.45, 2.75) is 26.2 Å². The Bertz CT molecular complexity index is 850. The number of amides is 1. The van der Waals surface area contributed by atoms with E-state index in [2.05, 4.69) is 11.9 Å². The molecule has 1 fully saturated rings. The SMILES string of the molecule is CCC(=O)N(CC1CCCN(C)C1)c1cc(-c2ccc(F)cc2)sc1C(=O)O. The number of hydrogen-bond acceptors (Lipinski definition) is 4. The molecule has 1 aliphatic heterocycles. The van der Waals surface area contributed by atoms with Crippen LogP contribution in [0.15, 0.2) is 30.3 Å². The Morgan fingerprint density at radius 2 is 2.04 bits per heavy atom. The highest BCUT2D eigenvalue weighted by Gasteiger charge is 2.28. The van der Waals surface area contributed by atoms with E-state index in [1.54, 1.807) is 30.0 Å². The number of hydrogen-bond donors (Lipinski definition) is 1. The lowest BCUT2D eigenvalue weighted by atomic mass is 9.97. The van der Waals surface area contributed by atoms with Crippen molar-refractivity contribution in [1.82, 2.24) is 4.90 Å². The maximum absolute atomic E-state index is 13.2. The van der Waals surface area contributed by atoms with Crippen molar-refractivity contribution in [3.05, 3.63) is 41.0 Å². The summed E-state index contributed by atoms with van der Waals surface area (Å²) >= 11 is 1.12. The third-order valence-electron chi connectivity index (χ3n) is 5.09. The van der Waals surface area contributed by atoms with Gasteiger partial charge in [-0.25, -0.2) is 9.18 Å². The first kappa shape index (κ1) is 20.5. The fourth-order valence-corrected chi connectivity index (χ4v) is 4.70. The molecule has 1 amide bonds. The monoisotopic (exact) mass is 404 g/mol. The first-order valence-corrected chi connectivity index (χ1v) is 10.3. The van der Waals surface area contributed by atoms with Gasteiger partial charge in [0.05, 0.1) is 5.69 Å². The summed E-state index contributed by atoms with van der Waals surface area (Å²) in [6.45, 7) is 4.24. The van der Waals surface area contributed by atoms with Crippen LogP contribution in [0.3, 0.4) is 0 Å². The molecule has 1 aromatic heterocycles. The molecule has 0 aliphatic carbocycles. The Balaban J connectivity index is 1.97. The molecule has 0 radical (unpaired) electrons. The van der Waals surface area contributed by atoms with Gasteiger partial charge in [0.2, 0.25) is 5.91 Å². The topological polar surface area (TPSA) is 60.9 Å². The van der Waals surface area contributed by atoms with E-state index in [1.165, 1.54) is 12.1 Å². The van der Waals surface area contributed by atoms with Crippen molar-refractivity contribution in [1.29, 1.82) is 0 Å². The fourth-order valence-electron chi connectivity index (χ4n) is 3.70. The first-order chi connectivity index (χ1) is 13.4. The molecular formula is C21H25FN2O3S. The Kier molecular flexibility index (Phi) is 6.46. The van der Waals surface area contributed by atoms with E-state index in [0.717, 1.165) is 42.8 Å². The van der Waals surface area contributed by atoms with Crippen LogP contribution in [0, 0.1) is 11.7 Å². The zero-order valence-corrected chi connectivity index (χ0v) is 17.0. The zero-order valence-electron chi connectivity index (χ0n) is 16.2. The van der Waals surface area contributed by atoms with Crippen LogP contribution in [0.5, 0.6) is 0 Å². The molecule has 3 rings (SSSR count). The molecule has 1 aliphatic rings. The van der Waals surface area contributed by atoms with Gasteiger partial charge in [-0.05, 0) is 56.1 Å². The molecule has 1 aromatic carbocycles. The molecule has 7 heteroatoms. The molecule has 0 spiro atoms. The van der Waals surface area contributed by atoms with Crippen LogP contribution in [0.4, 0.5) is 10.1 Å². The standard InChI is InChI=1S/C21H25FN2O3S/c1-3-19(25)24(13-14-5-4-10-23(2)12-14)17-11-18(28-20(17)21(26)27)15-6-8-16(22)9-7-15/h6-9,11,14H,3-5,10,12-13H2,1-2H3,(H,26,27). The summed E-state index contributed by atoms with van der Waals surface area (Å²) in [5.41, 5.74) is 1.18. The average molecular weight is 405 g/mol. The summed E-state index contributed by atoms with van der Waals surface area (Å²) in [4.78, 5) is 29.3. The second-order valence-electron chi connectivity index (χ2n) is 7.27. The Hall–Kier alpha value is -2.25. The third-order valence-corrected chi connectivity index (χ3v) is 6.25. The van der Waals surface area contributed by atoms with Crippen molar-refractivity contribution < 1.29 is 19.1 Å². The number of thiophene rings is 1. The summed E-state index contributed by atoms with van der Waals surface area (Å²) < 4.78 is 13.2. The van der Waals surface area contributed by atoms with Gasteiger partial charge in [0.25, 0.3) is 0 Å². The van der Waals surface area contributed by atoms with E-state index in [1.807, 2.05) is 0 Å².